The van der Waals surface area contributed by atoms with Crippen molar-refractivity contribution in [2.24, 2.45) is 0 Å². The fraction of sp³-hybridized carbons (Fsp3) is 0.0714. The Hall–Kier alpha value is -3.42. The number of hydrogen-bond acceptors (Lipinski definition) is 3. The Morgan fingerprint density at radius 2 is 1.49 bits per heavy atom. The summed E-state index contributed by atoms with van der Waals surface area (Å²) in [5.41, 5.74) is 2.92. The molecule has 35 heavy (non-hydrogen) atoms. The molecular weight excluding hydrogens is 572 g/mol. The molecule has 0 radical (unpaired) electrons. The Morgan fingerprint density at radius 3 is 2.23 bits per heavy atom. The van der Waals surface area contributed by atoms with Crippen LogP contribution in [0, 0.1) is 0 Å². The molecule has 0 saturated carbocycles. The number of nitrogens with zero attached hydrogens (tertiary/aromatic N) is 1. The average molecular weight is 592 g/mol. The zero-order chi connectivity index (χ0) is 24.4. The van der Waals surface area contributed by atoms with Crippen molar-refractivity contribution in [3.63, 3.8) is 0 Å². The van der Waals surface area contributed by atoms with Gasteiger partial charge in [-0.05, 0) is 83.6 Å². The normalized spacial score (nSPS) is 14.6. The summed E-state index contributed by atoms with van der Waals surface area (Å²) in [7, 11) is 0. The first-order valence-corrected chi connectivity index (χ1v) is 12.5. The molecule has 5 nitrogen and oxygen atoms in total. The molecule has 1 saturated heterocycles. The number of halogens is 2. The third kappa shape index (κ3) is 5.16. The van der Waals surface area contributed by atoms with Crippen LogP contribution in [0.15, 0.2) is 99.6 Å². The number of carbonyl (C=O) groups is 2. The maximum Gasteiger partial charge on any atom is 0.329 e. The fourth-order valence-electron chi connectivity index (χ4n) is 3.93. The zero-order valence-corrected chi connectivity index (χ0v) is 21.7. The molecule has 3 amide bonds. The minimum absolute atomic E-state index is 0.220. The van der Waals surface area contributed by atoms with Crippen LogP contribution < -0.4 is 10.1 Å². The van der Waals surface area contributed by atoms with Crippen LogP contribution in [0.25, 0.3) is 16.8 Å². The number of urea groups is 1. The SMILES string of the molecule is O=C1N/C(=C/c2cc(Br)c(OCc3ccc4ccccc4c3)c(Br)c2)C(=O)N1Cc1ccccc1. The van der Waals surface area contributed by atoms with Crippen molar-refractivity contribution in [1.29, 1.82) is 0 Å². The molecule has 4 aromatic rings. The number of amides is 3. The number of imide groups is 1. The van der Waals surface area contributed by atoms with E-state index >= 15 is 0 Å². The summed E-state index contributed by atoms with van der Waals surface area (Å²) in [5.74, 6) is 0.301. The maximum atomic E-state index is 12.8. The number of benzene rings is 4. The van der Waals surface area contributed by atoms with E-state index in [1.807, 2.05) is 54.6 Å². The van der Waals surface area contributed by atoms with E-state index in [1.54, 1.807) is 6.08 Å². The third-order valence-electron chi connectivity index (χ3n) is 5.67. The van der Waals surface area contributed by atoms with Crippen LogP contribution in [-0.2, 0) is 17.9 Å². The Bertz CT molecular complexity index is 1440. The van der Waals surface area contributed by atoms with Crippen LogP contribution >= 0.6 is 31.9 Å². The number of ether oxygens (including phenoxy) is 1. The number of carbonyl (C=O) groups excluding carboxylic acids is 2. The first kappa shape index (κ1) is 23.3. The van der Waals surface area contributed by atoms with Gasteiger partial charge in [-0.2, -0.15) is 0 Å². The molecule has 1 aliphatic rings. The Balaban J connectivity index is 1.31. The molecule has 0 atom stereocenters. The van der Waals surface area contributed by atoms with Gasteiger partial charge in [-0.1, -0.05) is 66.7 Å². The number of nitrogens with one attached hydrogen (secondary N) is 1. The van der Waals surface area contributed by atoms with E-state index in [2.05, 4.69) is 67.5 Å². The minimum atomic E-state index is -0.432. The Kier molecular flexibility index (Phi) is 6.70. The molecular formula is C28H20Br2N2O3. The van der Waals surface area contributed by atoms with Crippen molar-refractivity contribution in [3.8, 4) is 5.75 Å². The molecule has 1 aliphatic heterocycles. The molecule has 0 bridgehead atoms. The highest BCUT2D eigenvalue weighted by atomic mass is 79.9. The second kappa shape index (κ2) is 10.1. The smallest absolute Gasteiger partial charge is 0.329 e. The van der Waals surface area contributed by atoms with E-state index in [9.17, 15) is 9.59 Å². The second-order valence-electron chi connectivity index (χ2n) is 8.15. The van der Waals surface area contributed by atoms with Gasteiger partial charge < -0.3 is 10.1 Å². The van der Waals surface area contributed by atoms with Gasteiger partial charge in [0.1, 0.15) is 18.1 Å². The van der Waals surface area contributed by atoms with Gasteiger partial charge in [0.25, 0.3) is 5.91 Å². The van der Waals surface area contributed by atoms with Crippen molar-refractivity contribution in [3.05, 3.63) is 116 Å². The standard InChI is InChI=1S/C28H20Br2N2O3/c29-23-13-20(15-25-27(33)32(28(34)31-25)16-18-6-2-1-3-7-18)14-24(30)26(23)35-17-19-10-11-21-8-4-5-9-22(21)12-19/h1-15H,16-17H2,(H,31,34)/b25-15+. The predicted molar refractivity (Wildman–Crippen MR) is 144 cm³/mol. The number of fused-ring (bicyclic) bond motifs is 1. The van der Waals surface area contributed by atoms with Crippen molar-refractivity contribution < 1.29 is 14.3 Å². The van der Waals surface area contributed by atoms with Crippen LogP contribution in [0.4, 0.5) is 4.79 Å². The lowest BCUT2D eigenvalue weighted by Gasteiger charge is -2.12. The molecule has 1 heterocycles. The van der Waals surface area contributed by atoms with Crippen LogP contribution in [0.2, 0.25) is 0 Å². The van der Waals surface area contributed by atoms with Crippen molar-refractivity contribution in [2.45, 2.75) is 13.2 Å². The summed E-state index contributed by atoms with van der Waals surface area (Å²) in [6, 6.07) is 27.2. The summed E-state index contributed by atoms with van der Waals surface area (Å²) < 4.78 is 7.56. The fourth-order valence-corrected chi connectivity index (χ4v) is 5.38. The lowest BCUT2D eigenvalue weighted by molar-refractivity contribution is -0.123. The van der Waals surface area contributed by atoms with Crippen molar-refractivity contribution >= 4 is 60.6 Å². The molecule has 5 rings (SSSR count). The lowest BCUT2D eigenvalue weighted by atomic mass is 10.1. The van der Waals surface area contributed by atoms with E-state index < -0.39 is 6.03 Å². The number of hydrogen-bond donors (Lipinski definition) is 1. The van der Waals surface area contributed by atoms with E-state index in [1.165, 1.54) is 15.7 Å². The van der Waals surface area contributed by atoms with Gasteiger partial charge >= 0.3 is 6.03 Å². The molecule has 0 aromatic heterocycles. The third-order valence-corrected chi connectivity index (χ3v) is 6.85. The van der Waals surface area contributed by atoms with Gasteiger partial charge in [0, 0.05) is 0 Å². The van der Waals surface area contributed by atoms with Crippen LogP contribution in [-0.4, -0.2) is 16.8 Å². The first-order chi connectivity index (χ1) is 17.0. The van der Waals surface area contributed by atoms with Crippen molar-refractivity contribution in [1.82, 2.24) is 10.2 Å². The van der Waals surface area contributed by atoms with Crippen LogP contribution in [0.5, 0.6) is 5.75 Å². The lowest BCUT2D eigenvalue weighted by Crippen LogP contribution is -2.30. The predicted octanol–water partition coefficient (Wildman–Crippen LogP) is 7.04. The van der Waals surface area contributed by atoms with Gasteiger partial charge in [-0.15, -0.1) is 0 Å². The summed E-state index contributed by atoms with van der Waals surface area (Å²) >= 11 is 7.15. The van der Waals surface area contributed by atoms with E-state index in [-0.39, 0.29) is 18.1 Å². The topological polar surface area (TPSA) is 58.6 Å². The highest BCUT2D eigenvalue weighted by Gasteiger charge is 2.33. The van der Waals surface area contributed by atoms with Gasteiger partial charge in [0.2, 0.25) is 0 Å². The van der Waals surface area contributed by atoms with Gasteiger partial charge in [0.05, 0.1) is 15.5 Å². The van der Waals surface area contributed by atoms with E-state index in [0.29, 0.717) is 12.4 Å². The molecule has 0 aliphatic carbocycles. The molecule has 1 fully saturated rings. The van der Waals surface area contributed by atoms with Gasteiger partial charge in [-0.3, -0.25) is 9.69 Å². The summed E-state index contributed by atoms with van der Waals surface area (Å²) in [6.45, 7) is 0.628. The molecule has 174 valence electrons. The second-order valence-corrected chi connectivity index (χ2v) is 9.86. The maximum absolute atomic E-state index is 12.8. The summed E-state index contributed by atoms with van der Waals surface area (Å²) in [4.78, 5) is 26.4. The van der Waals surface area contributed by atoms with Crippen LogP contribution in [0.1, 0.15) is 16.7 Å². The summed E-state index contributed by atoms with van der Waals surface area (Å²) in [6.07, 6.45) is 1.66. The van der Waals surface area contributed by atoms with Crippen molar-refractivity contribution in [2.75, 3.05) is 0 Å². The molecule has 1 N–H and O–H groups in total. The van der Waals surface area contributed by atoms with Crippen LogP contribution in [0.3, 0.4) is 0 Å². The summed E-state index contributed by atoms with van der Waals surface area (Å²) in [5, 5.41) is 5.03. The Morgan fingerprint density at radius 1 is 0.800 bits per heavy atom. The highest BCUT2D eigenvalue weighted by molar-refractivity contribution is 9.11. The first-order valence-electron chi connectivity index (χ1n) is 11.0. The average Bonchev–Trinajstić information content (AvgIpc) is 3.11. The quantitative estimate of drug-likeness (QED) is 0.193. The number of rotatable bonds is 6. The van der Waals surface area contributed by atoms with E-state index in [4.69, 9.17) is 4.74 Å². The molecule has 0 spiro atoms. The minimum Gasteiger partial charge on any atom is -0.487 e. The van der Waals surface area contributed by atoms with Gasteiger partial charge in [-0.25, -0.2) is 4.79 Å². The monoisotopic (exact) mass is 590 g/mol. The highest BCUT2D eigenvalue weighted by Crippen LogP contribution is 2.36. The van der Waals surface area contributed by atoms with E-state index in [0.717, 1.165) is 25.6 Å². The molecule has 4 aromatic carbocycles. The molecule has 7 heteroatoms. The molecule has 0 unspecified atom stereocenters. The largest absolute Gasteiger partial charge is 0.487 e. The van der Waals surface area contributed by atoms with Gasteiger partial charge in [0.15, 0.2) is 0 Å². The Labute approximate surface area is 219 Å². The zero-order valence-electron chi connectivity index (χ0n) is 18.5.